The van der Waals surface area contributed by atoms with Crippen LogP contribution in [0.5, 0.6) is 0 Å². The Balaban J connectivity index is 1.38. The van der Waals surface area contributed by atoms with E-state index in [1.165, 1.54) is 30.7 Å². The summed E-state index contributed by atoms with van der Waals surface area (Å²) in [5, 5.41) is 1.46. The Bertz CT molecular complexity index is 803. The number of likely N-dealkylation sites (N-methyl/N-ethyl adjacent to an activating group) is 1. The lowest BCUT2D eigenvalue weighted by Gasteiger charge is -2.42. The van der Waals surface area contributed by atoms with Crippen molar-refractivity contribution < 1.29 is 4.79 Å². The summed E-state index contributed by atoms with van der Waals surface area (Å²) < 4.78 is 0. The molecule has 2 aliphatic rings. The number of carbonyl (C=O) groups excluding carboxylic acids is 1. The highest BCUT2D eigenvalue weighted by Gasteiger charge is 2.29. The molecule has 144 valence electrons. The molecule has 1 unspecified atom stereocenters. The molecule has 0 saturated carbocycles. The zero-order valence-electron chi connectivity index (χ0n) is 15.6. The number of carbonyl (C=O) groups is 1. The molecule has 2 aromatic rings. The summed E-state index contributed by atoms with van der Waals surface area (Å²) in [6, 6.07) is 8.26. The molecule has 2 fully saturated rings. The molecule has 5 nitrogen and oxygen atoms in total. The van der Waals surface area contributed by atoms with Crippen LogP contribution in [0, 0.1) is 0 Å². The minimum atomic E-state index is 0.0891. The number of piperidine rings is 1. The lowest BCUT2D eigenvalue weighted by atomic mass is 10.0. The van der Waals surface area contributed by atoms with Crippen LogP contribution in [0.15, 0.2) is 30.5 Å². The minimum Gasteiger partial charge on any atom is -0.335 e. The maximum Gasteiger partial charge on any atom is 0.265 e. The molecule has 0 N–H and O–H groups in total. The summed E-state index contributed by atoms with van der Waals surface area (Å²) in [5.74, 6) is 0.0891. The summed E-state index contributed by atoms with van der Waals surface area (Å²) in [5.41, 5.74) is 0.884. The molecule has 0 bridgehead atoms. The van der Waals surface area contributed by atoms with Gasteiger partial charge < -0.3 is 9.80 Å². The Hall–Kier alpha value is -1.47. The summed E-state index contributed by atoms with van der Waals surface area (Å²) in [4.78, 5) is 25.0. The van der Waals surface area contributed by atoms with Gasteiger partial charge in [-0.1, -0.05) is 29.8 Å². The van der Waals surface area contributed by atoms with Crippen LogP contribution in [-0.4, -0.2) is 77.9 Å². The Morgan fingerprint density at radius 3 is 2.70 bits per heavy atom. The van der Waals surface area contributed by atoms with Crippen molar-refractivity contribution in [1.82, 2.24) is 19.7 Å². The second-order valence-electron chi connectivity index (χ2n) is 7.40. The molecule has 1 aromatic carbocycles. The average Bonchev–Trinajstić information content (AvgIpc) is 3.18. The maximum atomic E-state index is 12.9. The lowest BCUT2D eigenvalue weighted by molar-refractivity contribution is 0.0455. The number of piperazine rings is 1. The first-order valence-electron chi connectivity index (χ1n) is 9.54. The van der Waals surface area contributed by atoms with Crippen molar-refractivity contribution in [3.05, 3.63) is 40.4 Å². The Morgan fingerprint density at radius 1 is 1.19 bits per heavy atom. The quantitative estimate of drug-likeness (QED) is 0.786. The van der Waals surface area contributed by atoms with Gasteiger partial charge >= 0.3 is 0 Å². The van der Waals surface area contributed by atoms with Crippen molar-refractivity contribution in [2.45, 2.75) is 18.9 Å². The predicted molar refractivity (Wildman–Crippen MR) is 111 cm³/mol. The first kappa shape index (κ1) is 18.9. The SMILES string of the molecule is CN1CCCC(N2CCN(C(=O)c3cnc(-c4ccccc4Cl)s3)CC2)C1. The standard InChI is InChI=1S/C20H25ClN4OS/c1-23-8-4-5-15(14-23)24-9-11-25(12-10-24)20(26)18-13-22-19(27-18)16-6-2-3-7-17(16)21/h2-3,6-7,13,15H,4-5,8-12,14H2,1H3. The molecule has 0 radical (unpaired) electrons. The van der Waals surface area contributed by atoms with Crippen molar-refractivity contribution in [1.29, 1.82) is 0 Å². The summed E-state index contributed by atoms with van der Waals surface area (Å²) in [7, 11) is 2.20. The number of nitrogens with zero attached hydrogens (tertiary/aromatic N) is 4. The van der Waals surface area contributed by atoms with Gasteiger partial charge in [-0.25, -0.2) is 4.98 Å². The molecule has 3 heterocycles. The van der Waals surface area contributed by atoms with Crippen LogP contribution < -0.4 is 0 Å². The molecule has 7 heteroatoms. The third kappa shape index (κ3) is 4.19. The zero-order chi connectivity index (χ0) is 18.8. The number of rotatable bonds is 3. The van der Waals surface area contributed by atoms with Gasteiger partial charge in [0, 0.05) is 44.3 Å². The van der Waals surface area contributed by atoms with Crippen LogP contribution >= 0.6 is 22.9 Å². The number of benzene rings is 1. The molecular weight excluding hydrogens is 380 g/mol. The molecule has 27 heavy (non-hydrogen) atoms. The number of aromatic nitrogens is 1. The largest absolute Gasteiger partial charge is 0.335 e. The van der Waals surface area contributed by atoms with E-state index in [1.54, 1.807) is 6.20 Å². The second-order valence-corrected chi connectivity index (χ2v) is 8.83. The topological polar surface area (TPSA) is 39.7 Å². The van der Waals surface area contributed by atoms with Crippen molar-refractivity contribution in [3.63, 3.8) is 0 Å². The number of hydrogen-bond donors (Lipinski definition) is 0. The highest BCUT2D eigenvalue weighted by Crippen LogP contribution is 2.31. The summed E-state index contributed by atoms with van der Waals surface area (Å²) in [6.07, 6.45) is 4.23. The van der Waals surface area contributed by atoms with E-state index in [-0.39, 0.29) is 5.91 Å². The van der Waals surface area contributed by atoms with Crippen LogP contribution in [0.2, 0.25) is 5.02 Å². The van der Waals surface area contributed by atoms with Crippen LogP contribution in [0.3, 0.4) is 0 Å². The van der Waals surface area contributed by atoms with Crippen LogP contribution in [-0.2, 0) is 0 Å². The third-order valence-corrected chi connectivity index (χ3v) is 6.89. The van der Waals surface area contributed by atoms with E-state index in [4.69, 9.17) is 11.6 Å². The van der Waals surface area contributed by atoms with Gasteiger partial charge in [0.2, 0.25) is 0 Å². The van der Waals surface area contributed by atoms with E-state index in [0.717, 1.165) is 43.3 Å². The number of hydrogen-bond acceptors (Lipinski definition) is 5. The fraction of sp³-hybridized carbons (Fsp3) is 0.500. The molecule has 1 atom stereocenters. The van der Waals surface area contributed by atoms with E-state index in [1.807, 2.05) is 29.2 Å². The van der Waals surface area contributed by atoms with Crippen molar-refractivity contribution >= 4 is 28.8 Å². The molecule has 1 aromatic heterocycles. The van der Waals surface area contributed by atoms with E-state index in [9.17, 15) is 4.79 Å². The first-order chi connectivity index (χ1) is 13.1. The molecule has 2 saturated heterocycles. The third-order valence-electron chi connectivity index (χ3n) is 5.54. The van der Waals surface area contributed by atoms with Gasteiger partial charge in [0.25, 0.3) is 5.91 Å². The van der Waals surface area contributed by atoms with Gasteiger partial charge in [-0.15, -0.1) is 11.3 Å². The van der Waals surface area contributed by atoms with E-state index < -0.39 is 0 Å². The smallest absolute Gasteiger partial charge is 0.265 e. The molecule has 0 aliphatic carbocycles. The molecular formula is C20H25ClN4OS. The Morgan fingerprint density at radius 2 is 1.96 bits per heavy atom. The number of amides is 1. The number of likely N-dealkylation sites (tertiary alicyclic amines) is 1. The fourth-order valence-electron chi connectivity index (χ4n) is 4.02. The van der Waals surface area contributed by atoms with E-state index in [0.29, 0.717) is 15.9 Å². The highest BCUT2D eigenvalue weighted by atomic mass is 35.5. The molecule has 2 aliphatic heterocycles. The summed E-state index contributed by atoms with van der Waals surface area (Å²) >= 11 is 7.68. The number of halogens is 1. The molecule has 1 amide bonds. The van der Waals surface area contributed by atoms with Gasteiger partial charge in [-0.3, -0.25) is 9.69 Å². The average molecular weight is 405 g/mol. The zero-order valence-corrected chi connectivity index (χ0v) is 17.2. The normalized spacial score (nSPS) is 22.1. The second kappa shape index (κ2) is 8.27. The lowest BCUT2D eigenvalue weighted by Crippen LogP contribution is -2.55. The van der Waals surface area contributed by atoms with Crippen LogP contribution in [0.25, 0.3) is 10.6 Å². The van der Waals surface area contributed by atoms with E-state index in [2.05, 4.69) is 21.8 Å². The highest BCUT2D eigenvalue weighted by molar-refractivity contribution is 7.17. The van der Waals surface area contributed by atoms with Crippen LogP contribution in [0.1, 0.15) is 22.5 Å². The molecule has 4 rings (SSSR count). The maximum absolute atomic E-state index is 12.9. The van der Waals surface area contributed by atoms with Gasteiger partial charge in [0.15, 0.2) is 0 Å². The van der Waals surface area contributed by atoms with Gasteiger partial charge in [-0.05, 0) is 32.5 Å². The minimum absolute atomic E-state index is 0.0891. The first-order valence-corrected chi connectivity index (χ1v) is 10.7. The Kier molecular flexibility index (Phi) is 5.78. The number of thiazole rings is 1. The van der Waals surface area contributed by atoms with E-state index >= 15 is 0 Å². The predicted octanol–water partition coefficient (Wildman–Crippen LogP) is 3.32. The van der Waals surface area contributed by atoms with Crippen molar-refractivity contribution in [2.75, 3.05) is 46.3 Å². The molecule has 0 spiro atoms. The van der Waals surface area contributed by atoms with Crippen molar-refractivity contribution in [2.24, 2.45) is 0 Å². The van der Waals surface area contributed by atoms with Crippen LogP contribution in [0.4, 0.5) is 0 Å². The van der Waals surface area contributed by atoms with Gasteiger partial charge in [0.05, 0.1) is 11.2 Å². The Labute approximate surface area is 169 Å². The van der Waals surface area contributed by atoms with Crippen molar-refractivity contribution in [3.8, 4) is 10.6 Å². The monoisotopic (exact) mass is 404 g/mol. The fourth-order valence-corrected chi connectivity index (χ4v) is 5.22. The van der Waals surface area contributed by atoms with Gasteiger partial charge in [-0.2, -0.15) is 0 Å². The van der Waals surface area contributed by atoms with Gasteiger partial charge in [0.1, 0.15) is 9.88 Å². The summed E-state index contributed by atoms with van der Waals surface area (Å²) in [6.45, 7) is 5.84.